The van der Waals surface area contributed by atoms with Gasteiger partial charge in [-0.2, -0.15) is 16.9 Å². The zero-order chi connectivity index (χ0) is 14.1. The van der Waals surface area contributed by atoms with E-state index >= 15 is 0 Å². The highest BCUT2D eigenvalue weighted by molar-refractivity contribution is 7.98. The zero-order valence-electron chi connectivity index (χ0n) is 12.4. The van der Waals surface area contributed by atoms with Crippen molar-refractivity contribution in [1.82, 2.24) is 20.0 Å². The fourth-order valence-electron chi connectivity index (χ4n) is 1.77. The van der Waals surface area contributed by atoms with Gasteiger partial charge in [0.05, 0.1) is 6.20 Å². The lowest BCUT2D eigenvalue weighted by atomic mass is 10.3. The molecule has 0 fully saturated rings. The van der Waals surface area contributed by atoms with E-state index in [0.717, 1.165) is 37.8 Å². The molecule has 0 aliphatic carbocycles. The molecule has 19 heavy (non-hydrogen) atoms. The van der Waals surface area contributed by atoms with Crippen LogP contribution in [0.3, 0.4) is 0 Å². The summed E-state index contributed by atoms with van der Waals surface area (Å²) in [6.45, 7) is 4.68. The summed E-state index contributed by atoms with van der Waals surface area (Å²) in [7, 11) is 3.99. The summed E-state index contributed by atoms with van der Waals surface area (Å²) in [5, 5.41) is 7.52. The predicted molar refractivity (Wildman–Crippen MR) is 83.7 cm³/mol. The molecule has 0 unspecified atom stereocenters. The van der Waals surface area contributed by atoms with Gasteiger partial charge in [-0.15, -0.1) is 0 Å². The van der Waals surface area contributed by atoms with Crippen LogP contribution in [0.15, 0.2) is 17.4 Å². The van der Waals surface area contributed by atoms with Crippen molar-refractivity contribution < 1.29 is 0 Å². The lowest BCUT2D eigenvalue weighted by Crippen LogP contribution is -2.38. The van der Waals surface area contributed by atoms with Crippen molar-refractivity contribution in [3.8, 4) is 0 Å². The molecule has 1 aromatic rings. The Morgan fingerprint density at radius 3 is 2.95 bits per heavy atom. The van der Waals surface area contributed by atoms with Crippen LogP contribution in [-0.2, 0) is 13.6 Å². The second-order valence-electron chi connectivity index (χ2n) is 4.46. The average molecular weight is 283 g/mol. The van der Waals surface area contributed by atoms with E-state index in [9.17, 15) is 0 Å². The van der Waals surface area contributed by atoms with Crippen molar-refractivity contribution >= 4 is 17.7 Å². The highest BCUT2D eigenvalue weighted by Crippen LogP contribution is 2.02. The molecule has 0 amide bonds. The van der Waals surface area contributed by atoms with E-state index in [1.165, 1.54) is 5.56 Å². The van der Waals surface area contributed by atoms with Crippen LogP contribution in [0.1, 0.15) is 18.9 Å². The molecule has 0 aromatic carbocycles. The third-order valence-corrected chi connectivity index (χ3v) is 3.34. The first kappa shape index (κ1) is 15.9. The smallest absolute Gasteiger partial charge is 0.193 e. The van der Waals surface area contributed by atoms with Crippen LogP contribution in [0.25, 0.3) is 0 Å². The molecular formula is C13H25N5S. The molecule has 1 aromatic heterocycles. The van der Waals surface area contributed by atoms with Gasteiger partial charge in [-0.05, 0) is 25.4 Å². The molecule has 1 heterocycles. The van der Waals surface area contributed by atoms with Crippen molar-refractivity contribution in [2.75, 3.05) is 32.1 Å². The lowest BCUT2D eigenvalue weighted by Gasteiger charge is -2.21. The molecule has 5 nitrogen and oxygen atoms in total. The van der Waals surface area contributed by atoms with Gasteiger partial charge in [-0.25, -0.2) is 0 Å². The van der Waals surface area contributed by atoms with Crippen LogP contribution in [-0.4, -0.2) is 52.8 Å². The van der Waals surface area contributed by atoms with Gasteiger partial charge in [0.1, 0.15) is 0 Å². The molecule has 0 radical (unpaired) electrons. The fraction of sp³-hybridized carbons (Fsp3) is 0.692. The van der Waals surface area contributed by atoms with Gasteiger partial charge in [0, 0.05) is 45.5 Å². The molecule has 1 rings (SSSR count). The standard InChI is InChI=1S/C13H25N5S/c1-5-14-13(15-7-6-8-19-4)17(2)10-12-9-16-18(3)11-12/h9,11H,5-8,10H2,1-4H3,(H,14,15). The van der Waals surface area contributed by atoms with Gasteiger partial charge in [-0.3, -0.25) is 9.67 Å². The van der Waals surface area contributed by atoms with Gasteiger partial charge < -0.3 is 10.2 Å². The number of aromatic nitrogens is 2. The number of nitrogens with one attached hydrogen (secondary N) is 1. The molecule has 108 valence electrons. The third-order valence-electron chi connectivity index (χ3n) is 2.64. The second-order valence-corrected chi connectivity index (χ2v) is 5.45. The summed E-state index contributed by atoms with van der Waals surface area (Å²) in [4.78, 5) is 6.78. The highest BCUT2D eigenvalue weighted by atomic mass is 32.2. The predicted octanol–water partition coefficient (Wildman–Crippen LogP) is 1.57. The Kier molecular flexibility index (Phi) is 7.40. The molecule has 6 heteroatoms. The van der Waals surface area contributed by atoms with E-state index in [-0.39, 0.29) is 0 Å². The van der Waals surface area contributed by atoms with Gasteiger partial charge in [0.2, 0.25) is 0 Å². The van der Waals surface area contributed by atoms with E-state index in [2.05, 4.69) is 40.5 Å². The number of hydrogen-bond donors (Lipinski definition) is 1. The first-order valence-electron chi connectivity index (χ1n) is 6.63. The number of hydrogen-bond acceptors (Lipinski definition) is 3. The fourth-order valence-corrected chi connectivity index (χ4v) is 2.18. The van der Waals surface area contributed by atoms with Crippen molar-refractivity contribution in [3.63, 3.8) is 0 Å². The maximum absolute atomic E-state index is 4.64. The minimum atomic E-state index is 0.822. The lowest BCUT2D eigenvalue weighted by molar-refractivity contribution is 0.476. The molecule has 1 N–H and O–H groups in total. The summed E-state index contributed by atoms with van der Waals surface area (Å²) in [5.74, 6) is 2.13. The minimum absolute atomic E-state index is 0.822. The van der Waals surface area contributed by atoms with Gasteiger partial charge >= 0.3 is 0 Å². The largest absolute Gasteiger partial charge is 0.357 e. The molecule has 0 aliphatic heterocycles. The Bertz CT molecular complexity index is 388. The summed E-state index contributed by atoms with van der Waals surface area (Å²) in [6, 6.07) is 0. The Labute approximate surface area is 120 Å². The molecule has 0 bridgehead atoms. The summed E-state index contributed by atoms with van der Waals surface area (Å²) >= 11 is 1.87. The third kappa shape index (κ3) is 6.00. The van der Waals surface area contributed by atoms with E-state index in [1.54, 1.807) is 0 Å². The highest BCUT2D eigenvalue weighted by Gasteiger charge is 2.07. The second kappa shape index (κ2) is 8.85. The molecule has 0 saturated heterocycles. The van der Waals surface area contributed by atoms with Crippen molar-refractivity contribution in [2.45, 2.75) is 19.9 Å². The first-order valence-corrected chi connectivity index (χ1v) is 8.02. The topological polar surface area (TPSA) is 45.5 Å². The van der Waals surface area contributed by atoms with Crippen LogP contribution < -0.4 is 5.32 Å². The van der Waals surface area contributed by atoms with Crippen molar-refractivity contribution in [2.24, 2.45) is 12.0 Å². The first-order chi connectivity index (χ1) is 9.17. The van der Waals surface area contributed by atoms with Gasteiger partial charge in [-0.1, -0.05) is 0 Å². The number of nitrogens with zero attached hydrogens (tertiary/aromatic N) is 4. The van der Waals surface area contributed by atoms with E-state index < -0.39 is 0 Å². The van der Waals surface area contributed by atoms with E-state index in [0.29, 0.717) is 0 Å². The molecule has 0 saturated carbocycles. The van der Waals surface area contributed by atoms with E-state index in [4.69, 9.17) is 0 Å². The average Bonchev–Trinajstić information content (AvgIpc) is 2.78. The number of aliphatic imine (C=N–C) groups is 1. The Morgan fingerprint density at radius 1 is 1.58 bits per heavy atom. The van der Waals surface area contributed by atoms with Crippen LogP contribution in [0.4, 0.5) is 0 Å². The zero-order valence-corrected chi connectivity index (χ0v) is 13.2. The monoisotopic (exact) mass is 283 g/mol. The maximum Gasteiger partial charge on any atom is 0.193 e. The molecular weight excluding hydrogens is 258 g/mol. The Morgan fingerprint density at radius 2 is 2.37 bits per heavy atom. The van der Waals surface area contributed by atoms with Crippen molar-refractivity contribution in [1.29, 1.82) is 0 Å². The number of rotatable bonds is 7. The normalized spacial score (nSPS) is 11.7. The Hall–Kier alpha value is -1.17. The number of guanidine groups is 1. The SMILES string of the molecule is CCNC(=NCCCSC)N(C)Cc1cnn(C)c1. The van der Waals surface area contributed by atoms with Gasteiger partial charge in [0.25, 0.3) is 0 Å². The van der Waals surface area contributed by atoms with Crippen LogP contribution >= 0.6 is 11.8 Å². The van der Waals surface area contributed by atoms with Crippen molar-refractivity contribution in [3.05, 3.63) is 18.0 Å². The van der Waals surface area contributed by atoms with Crippen LogP contribution in [0, 0.1) is 0 Å². The maximum atomic E-state index is 4.64. The van der Waals surface area contributed by atoms with Crippen LogP contribution in [0.2, 0.25) is 0 Å². The molecule has 0 spiro atoms. The minimum Gasteiger partial charge on any atom is -0.357 e. The van der Waals surface area contributed by atoms with Gasteiger partial charge in [0.15, 0.2) is 5.96 Å². The quantitative estimate of drug-likeness (QED) is 0.469. The van der Waals surface area contributed by atoms with E-state index in [1.807, 2.05) is 35.9 Å². The Balaban J connectivity index is 2.53. The van der Waals surface area contributed by atoms with Crippen LogP contribution in [0.5, 0.6) is 0 Å². The number of thioether (sulfide) groups is 1. The summed E-state index contributed by atoms with van der Waals surface area (Å²) in [6.07, 6.45) is 7.18. The summed E-state index contributed by atoms with van der Waals surface area (Å²) < 4.78 is 1.83. The summed E-state index contributed by atoms with van der Waals surface area (Å²) in [5.41, 5.74) is 1.19. The number of aryl methyl sites for hydroxylation is 1. The molecule has 0 atom stereocenters. The molecule has 0 aliphatic rings.